The number of ether oxygens (including phenoxy) is 1. The van der Waals surface area contributed by atoms with Crippen LogP contribution in [0.15, 0.2) is 18.3 Å². The summed E-state index contributed by atoms with van der Waals surface area (Å²) in [5.41, 5.74) is 6.24. The minimum absolute atomic E-state index is 0.308. The molecule has 2 fully saturated rings. The van der Waals surface area contributed by atoms with E-state index in [1.807, 2.05) is 12.1 Å². The SMILES string of the molecule is N#Cc1ncccc1N1CCN(C2(C(N)=O)CCOC2)CC1. The highest BCUT2D eigenvalue weighted by atomic mass is 16.5. The third-order valence-corrected chi connectivity index (χ3v) is 4.58. The first-order chi connectivity index (χ1) is 10.7. The average molecular weight is 301 g/mol. The number of hydrogen-bond acceptors (Lipinski definition) is 6. The minimum Gasteiger partial charge on any atom is -0.379 e. The van der Waals surface area contributed by atoms with Crippen LogP contribution >= 0.6 is 0 Å². The Morgan fingerprint density at radius 2 is 2.18 bits per heavy atom. The molecule has 116 valence electrons. The van der Waals surface area contributed by atoms with Crippen molar-refractivity contribution in [1.29, 1.82) is 5.26 Å². The van der Waals surface area contributed by atoms with Crippen molar-refractivity contribution in [2.24, 2.45) is 5.73 Å². The van der Waals surface area contributed by atoms with Crippen molar-refractivity contribution >= 4 is 11.6 Å². The van der Waals surface area contributed by atoms with Crippen LogP contribution in [-0.2, 0) is 9.53 Å². The zero-order valence-electron chi connectivity index (χ0n) is 12.4. The van der Waals surface area contributed by atoms with Gasteiger partial charge in [0.2, 0.25) is 5.91 Å². The number of aromatic nitrogens is 1. The molecule has 1 unspecified atom stereocenters. The van der Waals surface area contributed by atoms with Crippen LogP contribution in [0, 0.1) is 11.3 Å². The van der Waals surface area contributed by atoms with Crippen molar-refractivity contribution in [3.05, 3.63) is 24.0 Å². The number of hydrogen-bond donors (Lipinski definition) is 1. The van der Waals surface area contributed by atoms with Crippen LogP contribution in [0.3, 0.4) is 0 Å². The quantitative estimate of drug-likeness (QED) is 0.825. The average Bonchev–Trinajstić information content (AvgIpc) is 3.06. The molecule has 7 heteroatoms. The van der Waals surface area contributed by atoms with Gasteiger partial charge in [-0.15, -0.1) is 0 Å². The van der Waals surface area contributed by atoms with Gasteiger partial charge in [0.15, 0.2) is 5.69 Å². The van der Waals surface area contributed by atoms with Crippen LogP contribution in [0.4, 0.5) is 5.69 Å². The Bertz CT molecular complexity index is 598. The third kappa shape index (κ3) is 2.40. The molecule has 1 atom stereocenters. The molecule has 1 aromatic heterocycles. The third-order valence-electron chi connectivity index (χ3n) is 4.58. The molecule has 0 saturated carbocycles. The molecule has 1 amide bonds. The summed E-state index contributed by atoms with van der Waals surface area (Å²) >= 11 is 0. The molecule has 2 aliphatic heterocycles. The Morgan fingerprint density at radius 3 is 2.77 bits per heavy atom. The highest BCUT2D eigenvalue weighted by molar-refractivity contribution is 5.85. The van der Waals surface area contributed by atoms with Crippen LogP contribution in [-0.4, -0.2) is 60.7 Å². The van der Waals surface area contributed by atoms with Crippen LogP contribution in [0.25, 0.3) is 0 Å². The van der Waals surface area contributed by atoms with Gasteiger partial charge in [-0.25, -0.2) is 4.98 Å². The predicted molar refractivity (Wildman–Crippen MR) is 80.1 cm³/mol. The second-order valence-electron chi connectivity index (χ2n) is 5.66. The fraction of sp³-hybridized carbons (Fsp3) is 0.533. The zero-order chi connectivity index (χ0) is 15.6. The maximum atomic E-state index is 11.9. The number of piperazine rings is 1. The number of primary amides is 1. The predicted octanol–water partition coefficient (Wildman–Crippen LogP) is -0.280. The molecule has 7 nitrogen and oxygen atoms in total. The fourth-order valence-electron chi connectivity index (χ4n) is 3.27. The number of carbonyl (C=O) groups is 1. The highest BCUT2D eigenvalue weighted by Crippen LogP contribution is 2.28. The van der Waals surface area contributed by atoms with Gasteiger partial charge in [-0.1, -0.05) is 0 Å². The van der Waals surface area contributed by atoms with E-state index in [0.29, 0.717) is 38.4 Å². The molecule has 0 aromatic carbocycles. The van der Waals surface area contributed by atoms with Crippen molar-refractivity contribution in [3.8, 4) is 6.07 Å². The molecular formula is C15H19N5O2. The number of nitrogens with two attached hydrogens (primary N) is 1. The molecule has 3 rings (SSSR count). The number of pyridine rings is 1. The van der Waals surface area contributed by atoms with Crippen LogP contribution in [0.1, 0.15) is 12.1 Å². The lowest BCUT2D eigenvalue weighted by Crippen LogP contribution is -2.63. The number of anilines is 1. The molecule has 0 radical (unpaired) electrons. The number of nitriles is 1. The second-order valence-corrected chi connectivity index (χ2v) is 5.66. The first-order valence-corrected chi connectivity index (χ1v) is 7.40. The van der Waals surface area contributed by atoms with Gasteiger partial charge >= 0.3 is 0 Å². The summed E-state index contributed by atoms with van der Waals surface area (Å²) in [6.45, 7) is 3.84. The molecule has 3 heterocycles. The molecule has 22 heavy (non-hydrogen) atoms. The summed E-state index contributed by atoms with van der Waals surface area (Å²) in [4.78, 5) is 20.3. The van der Waals surface area contributed by atoms with Gasteiger partial charge in [-0.3, -0.25) is 9.69 Å². The van der Waals surface area contributed by atoms with Crippen molar-refractivity contribution in [1.82, 2.24) is 9.88 Å². The lowest BCUT2D eigenvalue weighted by atomic mass is 9.94. The molecule has 2 N–H and O–H groups in total. The van der Waals surface area contributed by atoms with E-state index in [-0.39, 0.29) is 5.91 Å². The van der Waals surface area contributed by atoms with Crippen molar-refractivity contribution in [2.45, 2.75) is 12.0 Å². The molecule has 2 aliphatic rings. The van der Waals surface area contributed by atoms with Crippen LogP contribution in [0.5, 0.6) is 0 Å². The van der Waals surface area contributed by atoms with Crippen molar-refractivity contribution in [3.63, 3.8) is 0 Å². The van der Waals surface area contributed by atoms with Crippen molar-refractivity contribution < 1.29 is 9.53 Å². The smallest absolute Gasteiger partial charge is 0.240 e. The maximum Gasteiger partial charge on any atom is 0.240 e. The number of amides is 1. The van der Waals surface area contributed by atoms with E-state index in [9.17, 15) is 4.79 Å². The van der Waals surface area contributed by atoms with E-state index < -0.39 is 5.54 Å². The van der Waals surface area contributed by atoms with Gasteiger partial charge in [-0.2, -0.15) is 5.26 Å². The van der Waals surface area contributed by atoms with E-state index in [1.54, 1.807) is 6.20 Å². The normalized spacial score (nSPS) is 25.9. The summed E-state index contributed by atoms with van der Waals surface area (Å²) in [5.74, 6) is -0.308. The summed E-state index contributed by atoms with van der Waals surface area (Å²) in [5, 5.41) is 9.16. The number of carbonyl (C=O) groups excluding carboxylic acids is 1. The standard InChI is InChI=1S/C15H19N5O2/c16-10-12-13(2-1-4-18-12)19-5-7-20(8-6-19)15(14(17)21)3-9-22-11-15/h1-2,4H,3,5-9,11H2,(H2,17,21). The summed E-state index contributed by atoms with van der Waals surface area (Å²) in [6.07, 6.45) is 2.27. The lowest BCUT2D eigenvalue weighted by molar-refractivity contribution is -0.130. The van der Waals surface area contributed by atoms with E-state index in [0.717, 1.165) is 18.8 Å². The topological polar surface area (TPSA) is 95.5 Å². The Hall–Kier alpha value is -2.17. The number of rotatable bonds is 3. The monoisotopic (exact) mass is 301 g/mol. The molecule has 2 saturated heterocycles. The Labute approximate surface area is 129 Å². The molecule has 1 aromatic rings. The fourth-order valence-corrected chi connectivity index (χ4v) is 3.27. The summed E-state index contributed by atoms with van der Waals surface area (Å²) in [6, 6.07) is 5.86. The Kier molecular flexibility index (Phi) is 3.96. The highest BCUT2D eigenvalue weighted by Gasteiger charge is 2.46. The molecule has 0 spiro atoms. The van der Waals surface area contributed by atoms with E-state index >= 15 is 0 Å². The van der Waals surface area contributed by atoms with Gasteiger partial charge in [0, 0.05) is 45.4 Å². The van der Waals surface area contributed by atoms with Gasteiger partial charge in [0.25, 0.3) is 0 Å². The van der Waals surface area contributed by atoms with Gasteiger partial charge in [-0.05, 0) is 12.1 Å². The van der Waals surface area contributed by atoms with Gasteiger partial charge in [0.05, 0.1) is 12.3 Å². The zero-order valence-corrected chi connectivity index (χ0v) is 12.4. The first-order valence-electron chi connectivity index (χ1n) is 7.40. The summed E-state index contributed by atoms with van der Waals surface area (Å²) in [7, 11) is 0. The minimum atomic E-state index is -0.668. The molecule has 0 aliphatic carbocycles. The van der Waals surface area contributed by atoms with Crippen molar-refractivity contribution in [2.75, 3.05) is 44.3 Å². The first kappa shape index (κ1) is 14.8. The molecule has 0 bridgehead atoms. The van der Waals surface area contributed by atoms with Crippen LogP contribution < -0.4 is 10.6 Å². The molecular weight excluding hydrogens is 282 g/mol. The van der Waals surface area contributed by atoms with Gasteiger partial charge in [0.1, 0.15) is 11.6 Å². The largest absolute Gasteiger partial charge is 0.379 e. The Morgan fingerprint density at radius 1 is 1.41 bits per heavy atom. The maximum absolute atomic E-state index is 11.9. The number of nitrogens with zero attached hydrogens (tertiary/aromatic N) is 4. The van der Waals surface area contributed by atoms with Gasteiger partial charge < -0.3 is 15.4 Å². The second kappa shape index (κ2) is 5.91. The van der Waals surface area contributed by atoms with Crippen LogP contribution in [0.2, 0.25) is 0 Å². The van der Waals surface area contributed by atoms with E-state index in [1.165, 1.54) is 0 Å². The van der Waals surface area contributed by atoms with E-state index in [2.05, 4.69) is 20.9 Å². The Balaban J connectivity index is 1.73. The summed E-state index contributed by atoms with van der Waals surface area (Å²) < 4.78 is 5.41. The van der Waals surface area contributed by atoms with E-state index in [4.69, 9.17) is 15.7 Å². The lowest BCUT2D eigenvalue weighted by Gasteiger charge is -2.43.